The van der Waals surface area contributed by atoms with E-state index in [1.807, 2.05) is 59.5 Å². The lowest BCUT2D eigenvalue weighted by atomic mass is 9.96. The molecule has 0 unspecified atom stereocenters. The Labute approximate surface area is 163 Å². The van der Waals surface area contributed by atoms with Gasteiger partial charge >= 0.3 is 0 Å². The number of piperidine rings is 1. The van der Waals surface area contributed by atoms with Crippen LogP contribution in [-0.2, 0) is 11.3 Å². The molecule has 0 saturated carbocycles. The summed E-state index contributed by atoms with van der Waals surface area (Å²) in [6.07, 6.45) is 1.46. The number of carbonyl (C=O) groups is 1. The maximum atomic E-state index is 13.3. The van der Waals surface area contributed by atoms with Crippen molar-refractivity contribution in [2.24, 2.45) is 5.92 Å². The smallest absolute Gasteiger partial charge is 0.294 e. The number of hydrogen-bond acceptors (Lipinski definition) is 4. The lowest BCUT2D eigenvalue weighted by molar-refractivity contribution is -0.125. The Balaban J connectivity index is 1.71. The largest absolute Gasteiger partial charge is 0.359 e. The second kappa shape index (κ2) is 7.84. The number of aromatic nitrogens is 2. The van der Waals surface area contributed by atoms with Crippen LogP contribution in [0.5, 0.6) is 0 Å². The normalized spacial score (nSPS) is 15.0. The van der Waals surface area contributed by atoms with Gasteiger partial charge in [-0.25, -0.2) is 4.98 Å². The first-order chi connectivity index (χ1) is 13.7. The van der Waals surface area contributed by atoms with Crippen molar-refractivity contribution >= 4 is 22.8 Å². The molecule has 1 N–H and O–H groups in total. The van der Waals surface area contributed by atoms with Crippen LogP contribution >= 0.6 is 0 Å². The maximum absolute atomic E-state index is 13.3. The van der Waals surface area contributed by atoms with Gasteiger partial charge < -0.3 is 10.2 Å². The Bertz CT molecular complexity index is 1040. The summed E-state index contributed by atoms with van der Waals surface area (Å²) >= 11 is 0. The van der Waals surface area contributed by atoms with Gasteiger partial charge in [-0.15, -0.1) is 0 Å². The molecule has 144 valence electrons. The van der Waals surface area contributed by atoms with E-state index < -0.39 is 0 Å². The van der Waals surface area contributed by atoms with E-state index in [0.717, 1.165) is 29.4 Å². The quantitative estimate of drug-likeness (QED) is 0.759. The number of amides is 1. The third-order valence-electron chi connectivity index (χ3n) is 5.43. The summed E-state index contributed by atoms with van der Waals surface area (Å²) in [7, 11) is 1.67. The molecule has 0 spiro atoms. The lowest BCUT2D eigenvalue weighted by Crippen LogP contribution is -2.42. The first kappa shape index (κ1) is 18.2. The number of para-hydroxylation sites is 2. The monoisotopic (exact) mass is 376 g/mol. The van der Waals surface area contributed by atoms with Crippen molar-refractivity contribution in [1.29, 1.82) is 0 Å². The fourth-order valence-corrected chi connectivity index (χ4v) is 3.87. The molecule has 1 aliphatic rings. The molecule has 1 fully saturated rings. The molecule has 1 aliphatic heterocycles. The minimum atomic E-state index is -0.0825. The first-order valence-corrected chi connectivity index (χ1v) is 9.67. The van der Waals surface area contributed by atoms with Crippen LogP contribution in [-0.4, -0.2) is 35.6 Å². The van der Waals surface area contributed by atoms with Crippen molar-refractivity contribution in [2.75, 3.05) is 25.0 Å². The average Bonchev–Trinajstić information content (AvgIpc) is 2.76. The molecule has 0 aliphatic carbocycles. The lowest BCUT2D eigenvalue weighted by Gasteiger charge is -2.31. The SMILES string of the molecule is CNC(=O)C1CCN(c2nc3ccccc3n(Cc3ccccc3)c2=O)CC1. The topological polar surface area (TPSA) is 67.2 Å². The van der Waals surface area contributed by atoms with E-state index in [4.69, 9.17) is 0 Å². The second-order valence-corrected chi connectivity index (χ2v) is 7.18. The number of rotatable bonds is 4. The van der Waals surface area contributed by atoms with Crippen LogP contribution in [0.3, 0.4) is 0 Å². The summed E-state index contributed by atoms with van der Waals surface area (Å²) in [5.41, 5.74) is 2.63. The third kappa shape index (κ3) is 3.50. The van der Waals surface area contributed by atoms with E-state index in [2.05, 4.69) is 10.3 Å². The molecule has 6 nitrogen and oxygen atoms in total. The minimum Gasteiger partial charge on any atom is -0.359 e. The van der Waals surface area contributed by atoms with Gasteiger partial charge in [0, 0.05) is 26.1 Å². The Morgan fingerprint density at radius 2 is 1.75 bits per heavy atom. The average molecular weight is 376 g/mol. The van der Waals surface area contributed by atoms with Gasteiger partial charge in [0.2, 0.25) is 5.91 Å². The molecular weight excluding hydrogens is 352 g/mol. The van der Waals surface area contributed by atoms with Gasteiger partial charge in [-0.3, -0.25) is 14.2 Å². The van der Waals surface area contributed by atoms with E-state index in [1.54, 1.807) is 11.6 Å². The van der Waals surface area contributed by atoms with Crippen LogP contribution in [0.4, 0.5) is 5.82 Å². The molecule has 0 radical (unpaired) electrons. The number of benzene rings is 2. The molecular formula is C22H24N4O2. The molecule has 3 aromatic rings. The highest BCUT2D eigenvalue weighted by Crippen LogP contribution is 2.22. The van der Waals surface area contributed by atoms with Crippen LogP contribution in [0.15, 0.2) is 59.4 Å². The zero-order valence-electron chi connectivity index (χ0n) is 16.0. The maximum Gasteiger partial charge on any atom is 0.294 e. The van der Waals surface area contributed by atoms with Gasteiger partial charge in [0.05, 0.1) is 17.6 Å². The molecule has 1 saturated heterocycles. The fourth-order valence-electron chi connectivity index (χ4n) is 3.87. The zero-order chi connectivity index (χ0) is 19.5. The van der Waals surface area contributed by atoms with Crippen LogP contribution in [0.1, 0.15) is 18.4 Å². The highest BCUT2D eigenvalue weighted by Gasteiger charge is 2.27. The van der Waals surface area contributed by atoms with E-state index in [9.17, 15) is 9.59 Å². The van der Waals surface area contributed by atoms with Crippen LogP contribution < -0.4 is 15.8 Å². The van der Waals surface area contributed by atoms with Gasteiger partial charge in [-0.1, -0.05) is 42.5 Å². The Hall–Kier alpha value is -3.15. The van der Waals surface area contributed by atoms with E-state index in [0.29, 0.717) is 25.5 Å². The molecule has 2 heterocycles. The van der Waals surface area contributed by atoms with Gasteiger partial charge in [-0.2, -0.15) is 0 Å². The summed E-state index contributed by atoms with van der Waals surface area (Å²) in [4.78, 5) is 31.9. The predicted octanol–water partition coefficient (Wildman–Crippen LogP) is 2.41. The number of carbonyl (C=O) groups excluding carboxylic acids is 1. The predicted molar refractivity (Wildman–Crippen MR) is 111 cm³/mol. The van der Waals surface area contributed by atoms with Crippen molar-refractivity contribution in [3.05, 3.63) is 70.5 Å². The molecule has 1 aromatic heterocycles. The van der Waals surface area contributed by atoms with Gasteiger partial charge in [0.1, 0.15) is 0 Å². The standard InChI is InChI=1S/C22H24N4O2/c1-23-21(27)17-11-13-25(14-12-17)20-22(28)26(15-16-7-3-2-4-8-16)19-10-6-5-9-18(19)24-20/h2-10,17H,11-15H2,1H3,(H,23,27). The highest BCUT2D eigenvalue weighted by atomic mass is 16.2. The number of nitrogens with one attached hydrogen (secondary N) is 1. The van der Waals surface area contributed by atoms with Gasteiger partial charge in [0.15, 0.2) is 5.82 Å². The molecule has 6 heteroatoms. The number of anilines is 1. The summed E-state index contributed by atoms with van der Waals surface area (Å²) in [5.74, 6) is 0.561. The Morgan fingerprint density at radius 1 is 1.07 bits per heavy atom. The van der Waals surface area contributed by atoms with Gasteiger partial charge in [0.25, 0.3) is 5.56 Å². The van der Waals surface area contributed by atoms with Crippen molar-refractivity contribution in [2.45, 2.75) is 19.4 Å². The molecule has 4 rings (SSSR count). The molecule has 2 aromatic carbocycles. The summed E-state index contributed by atoms with van der Waals surface area (Å²) in [5, 5.41) is 2.72. The highest BCUT2D eigenvalue weighted by molar-refractivity contribution is 5.79. The van der Waals surface area contributed by atoms with Gasteiger partial charge in [-0.05, 0) is 30.5 Å². The third-order valence-corrected chi connectivity index (χ3v) is 5.43. The van der Waals surface area contributed by atoms with Crippen LogP contribution in [0.25, 0.3) is 11.0 Å². The number of hydrogen-bond donors (Lipinski definition) is 1. The number of fused-ring (bicyclic) bond motifs is 1. The molecule has 0 bridgehead atoms. The summed E-state index contributed by atoms with van der Waals surface area (Å²) in [6, 6.07) is 17.7. The minimum absolute atomic E-state index is 0.00764. The van der Waals surface area contributed by atoms with E-state index in [1.165, 1.54) is 0 Å². The van der Waals surface area contributed by atoms with Crippen LogP contribution in [0.2, 0.25) is 0 Å². The van der Waals surface area contributed by atoms with Crippen molar-refractivity contribution in [3.8, 4) is 0 Å². The van der Waals surface area contributed by atoms with Crippen molar-refractivity contribution < 1.29 is 4.79 Å². The fraction of sp³-hybridized carbons (Fsp3) is 0.318. The Kier molecular flexibility index (Phi) is 5.10. The van der Waals surface area contributed by atoms with Crippen molar-refractivity contribution in [3.63, 3.8) is 0 Å². The molecule has 0 atom stereocenters. The summed E-state index contributed by atoms with van der Waals surface area (Å²) in [6.45, 7) is 1.82. The van der Waals surface area contributed by atoms with E-state index >= 15 is 0 Å². The number of nitrogens with zero attached hydrogens (tertiary/aromatic N) is 3. The Morgan fingerprint density at radius 3 is 2.46 bits per heavy atom. The summed E-state index contributed by atoms with van der Waals surface area (Å²) < 4.78 is 1.80. The molecule has 28 heavy (non-hydrogen) atoms. The first-order valence-electron chi connectivity index (χ1n) is 9.67. The zero-order valence-corrected chi connectivity index (χ0v) is 16.0. The molecule has 1 amide bonds. The second-order valence-electron chi connectivity index (χ2n) is 7.18. The van der Waals surface area contributed by atoms with Crippen LogP contribution in [0, 0.1) is 5.92 Å². The van der Waals surface area contributed by atoms with Crippen molar-refractivity contribution in [1.82, 2.24) is 14.9 Å². The van der Waals surface area contributed by atoms with E-state index in [-0.39, 0.29) is 17.4 Å².